The molecular formula is C15H14N4O. The van der Waals surface area contributed by atoms with Gasteiger partial charge in [0, 0.05) is 29.0 Å². The number of fused-ring (bicyclic) bond motifs is 1. The van der Waals surface area contributed by atoms with E-state index in [4.69, 9.17) is 5.73 Å². The van der Waals surface area contributed by atoms with Crippen LogP contribution in [0.15, 0.2) is 42.7 Å². The van der Waals surface area contributed by atoms with Gasteiger partial charge < -0.3 is 16.0 Å². The third-order valence-corrected chi connectivity index (χ3v) is 3.21. The number of rotatable bonds is 2. The lowest BCUT2D eigenvalue weighted by Crippen LogP contribution is -2.12. The molecule has 5 nitrogen and oxygen atoms in total. The minimum Gasteiger partial charge on any atom is -0.399 e. The number of nitrogen functional groups attached to an aromatic ring is 1. The molecule has 3 aromatic rings. The second-order valence-electron chi connectivity index (χ2n) is 4.60. The number of nitrogens with two attached hydrogens (primary N) is 1. The second-order valence-corrected chi connectivity index (χ2v) is 4.60. The molecule has 1 aromatic carbocycles. The summed E-state index contributed by atoms with van der Waals surface area (Å²) in [5.41, 5.74) is 9.31. The summed E-state index contributed by atoms with van der Waals surface area (Å²) in [6.45, 7) is 1.85. The molecule has 0 atom stereocenters. The van der Waals surface area contributed by atoms with Crippen molar-refractivity contribution >= 4 is 28.2 Å². The van der Waals surface area contributed by atoms with Gasteiger partial charge in [-0.1, -0.05) is 0 Å². The van der Waals surface area contributed by atoms with Crippen LogP contribution in [0.1, 0.15) is 16.1 Å². The lowest BCUT2D eigenvalue weighted by Gasteiger charge is -2.06. The highest BCUT2D eigenvalue weighted by molar-refractivity contribution is 6.13. The average Bonchev–Trinajstić information content (AvgIpc) is 2.84. The highest BCUT2D eigenvalue weighted by atomic mass is 16.1. The Labute approximate surface area is 115 Å². The summed E-state index contributed by atoms with van der Waals surface area (Å²) in [4.78, 5) is 19.5. The molecule has 0 aliphatic carbocycles. The van der Waals surface area contributed by atoms with Crippen molar-refractivity contribution in [2.45, 2.75) is 6.92 Å². The Kier molecular flexibility index (Phi) is 2.87. The summed E-state index contributed by atoms with van der Waals surface area (Å²) in [7, 11) is 0. The predicted octanol–water partition coefficient (Wildman–Crippen LogP) is 2.71. The van der Waals surface area contributed by atoms with E-state index in [9.17, 15) is 4.79 Å². The van der Waals surface area contributed by atoms with Gasteiger partial charge in [-0.3, -0.25) is 9.78 Å². The standard InChI is InChI=1S/C15H14N4O/c1-9-13(3-2-6-17-9)19-15(20)12-8-18-14-7-10(16)4-5-11(12)14/h2-8,18H,16H2,1H3,(H,19,20). The second kappa shape index (κ2) is 4.70. The van der Waals surface area contributed by atoms with Crippen molar-refractivity contribution in [3.05, 3.63) is 54.0 Å². The lowest BCUT2D eigenvalue weighted by molar-refractivity contribution is 0.102. The van der Waals surface area contributed by atoms with Gasteiger partial charge in [-0.15, -0.1) is 0 Å². The Hall–Kier alpha value is -2.82. The third kappa shape index (κ3) is 2.09. The number of amides is 1. The number of pyridine rings is 1. The van der Waals surface area contributed by atoms with Crippen LogP contribution in [0.2, 0.25) is 0 Å². The SMILES string of the molecule is Cc1ncccc1NC(=O)c1c[nH]c2cc(N)ccc12. The van der Waals surface area contributed by atoms with Crippen LogP contribution in [-0.4, -0.2) is 15.9 Å². The molecule has 5 heteroatoms. The highest BCUT2D eigenvalue weighted by Gasteiger charge is 2.13. The van der Waals surface area contributed by atoms with Crippen molar-refractivity contribution in [1.29, 1.82) is 0 Å². The number of H-pyrrole nitrogens is 1. The van der Waals surface area contributed by atoms with Crippen molar-refractivity contribution in [3.63, 3.8) is 0 Å². The van der Waals surface area contributed by atoms with Gasteiger partial charge >= 0.3 is 0 Å². The van der Waals surface area contributed by atoms with E-state index >= 15 is 0 Å². The normalized spacial score (nSPS) is 10.7. The number of benzene rings is 1. The van der Waals surface area contributed by atoms with E-state index in [0.717, 1.165) is 16.6 Å². The van der Waals surface area contributed by atoms with Gasteiger partial charge in [-0.2, -0.15) is 0 Å². The van der Waals surface area contributed by atoms with Crippen LogP contribution in [0.5, 0.6) is 0 Å². The first-order chi connectivity index (χ1) is 9.65. The number of anilines is 2. The molecule has 100 valence electrons. The summed E-state index contributed by atoms with van der Waals surface area (Å²) in [6.07, 6.45) is 3.38. The zero-order valence-electron chi connectivity index (χ0n) is 11.0. The van der Waals surface area contributed by atoms with Crippen molar-refractivity contribution in [2.24, 2.45) is 0 Å². The molecule has 2 heterocycles. The van der Waals surface area contributed by atoms with Crippen LogP contribution in [0, 0.1) is 6.92 Å². The van der Waals surface area contributed by atoms with Gasteiger partial charge in [-0.05, 0) is 37.3 Å². The maximum Gasteiger partial charge on any atom is 0.257 e. The predicted molar refractivity (Wildman–Crippen MR) is 79.6 cm³/mol. The van der Waals surface area contributed by atoms with E-state index in [1.807, 2.05) is 19.1 Å². The van der Waals surface area contributed by atoms with Crippen molar-refractivity contribution in [3.8, 4) is 0 Å². The van der Waals surface area contributed by atoms with Crippen LogP contribution in [-0.2, 0) is 0 Å². The quantitative estimate of drug-likeness (QED) is 0.623. The number of hydrogen-bond donors (Lipinski definition) is 3. The Morgan fingerprint density at radius 1 is 1.35 bits per heavy atom. The fraction of sp³-hybridized carbons (Fsp3) is 0.0667. The molecule has 0 saturated carbocycles. The fourth-order valence-corrected chi connectivity index (χ4v) is 2.14. The summed E-state index contributed by atoms with van der Waals surface area (Å²) in [5, 5.41) is 3.71. The maximum atomic E-state index is 12.3. The lowest BCUT2D eigenvalue weighted by atomic mass is 10.1. The van der Waals surface area contributed by atoms with Crippen LogP contribution in [0.3, 0.4) is 0 Å². The monoisotopic (exact) mass is 266 g/mol. The summed E-state index contributed by atoms with van der Waals surface area (Å²) in [5.74, 6) is -0.169. The number of carbonyl (C=O) groups excluding carboxylic acids is 1. The molecule has 0 aliphatic rings. The van der Waals surface area contributed by atoms with Gasteiger partial charge in [0.25, 0.3) is 5.91 Å². The summed E-state index contributed by atoms with van der Waals surface area (Å²) >= 11 is 0. The Balaban J connectivity index is 1.95. The molecule has 0 bridgehead atoms. The molecule has 0 unspecified atom stereocenters. The van der Waals surface area contributed by atoms with E-state index in [0.29, 0.717) is 16.9 Å². The van der Waals surface area contributed by atoms with Crippen LogP contribution in [0.25, 0.3) is 10.9 Å². The number of hydrogen-bond acceptors (Lipinski definition) is 3. The van der Waals surface area contributed by atoms with Gasteiger partial charge in [0.1, 0.15) is 0 Å². The number of aromatic amines is 1. The van der Waals surface area contributed by atoms with Gasteiger partial charge in [0.2, 0.25) is 0 Å². The molecule has 3 rings (SSSR count). The van der Waals surface area contributed by atoms with Crippen molar-refractivity contribution < 1.29 is 4.79 Å². The largest absolute Gasteiger partial charge is 0.399 e. The first-order valence-corrected chi connectivity index (χ1v) is 6.25. The number of carbonyl (C=O) groups is 1. The maximum absolute atomic E-state index is 12.3. The molecule has 0 radical (unpaired) electrons. The summed E-state index contributed by atoms with van der Waals surface area (Å²) in [6, 6.07) is 9.04. The molecule has 4 N–H and O–H groups in total. The third-order valence-electron chi connectivity index (χ3n) is 3.21. The van der Waals surface area contributed by atoms with E-state index in [1.165, 1.54) is 0 Å². The van der Waals surface area contributed by atoms with E-state index in [1.54, 1.807) is 30.6 Å². The van der Waals surface area contributed by atoms with E-state index < -0.39 is 0 Å². The first-order valence-electron chi connectivity index (χ1n) is 6.25. The van der Waals surface area contributed by atoms with E-state index in [2.05, 4.69) is 15.3 Å². The van der Waals surface area contributed by atoms with Gasteiger partial charge in [-0.25, -0.2) is 0 Å². The first kappa shape index (κ1) is 12.2. The molecule has 1 amide bonds. The zero-order chi connectivity index (χ0) is 14.1. The smallest absolute Gasteiger partial charge is 0.257 e. The fourth-order valence-electron chi connectivity index (χ4n) is 2.14. The Morgan fingerprint density at radius 2 is 2.20 bits per heavy atom. The highest BCUT2D eigenvalue weighted by Crippen LogP contribution is 2.22. The zero-order valence-corrected chi connectivity index (χ0v) is 11.0. The number of nitrogens with zero attached hydrogens (tertiary/aromatic N) is 1. The Bertz CT molecular complexity index is 791. The van der Waals surface area contributed by atoms with Crippen molar-refractivity contribution in [1.82, 2.24) is 9.97 Å². The number of nitrogens with one attached hydrogen (secondary N) is 2. The molecule has 0 fully saturated rings. The molecule has 20 heavy (non-hydrogen) atoms. The molecule has 2 aromatic heterocycles. The molecule has 0 aliphatic heterocycles. The summed E-state index contributed by atoms with van der Waals surface area (Å²) < 4.78 is 0. The van der Waals surface area contributed by atoms with Crippen LogP contribution >= 0.6 is 0 Å². The number of aromatic nitrogens is 2. The minimum atomic E-state index is -0.169. The Morgan fingerprint density at radius 3 is 3.00 bits per heavy atom. The van der Waals surface area contributed by atoms with Crippen molar-refractivity contribution in [2.75, 3.05) is 11.1 Å². The molecule has 0 spiro atoms. The van der Waals surface area contributed by atoms with E-state index in [-0.39, 0.29) is 5.91 Å². The topological polar surface area (TPSA) is 83.8 Å². The number of aryl methyl sites for hydroxylation is 1. The van der Waals surface area contributed by atoms with Crippen LogP contribution < -0.4 is 11.1 Å². The average molecular weight is 266 g/mol. The van der Waals surface area contributed by atoms with Gasteiger partial charge in [0.15, 0.2) is 0 Å². The van der Waals surface area contributed by atoms with Crippen LogP contribution in [0.4, 0.5) is 11.4 Å². The molecular weight excluding hydrogens is 252 g/mol. The molecule has 0 saturated heterocycles. The minimum absolute atomic E-state index is 0.169. The van der Waals surface area contributed by atoms with Gasteiger partial charge in [0.05, 0.1) is 16.9 Å².